The van der Waals surface area contributed by atoms with Gasteiger partial charge in [-0.15, -0.1) is 0 Å². The highest BCUT2D eigenvalue weighted by molar-refractivity contribution is 5.84. The van der Waals surface area contributed by atoms with Gasteiger partial charge in [-0.1, -0.05) is 0 Å². The smallest absolute Gasteiger partial charge is 0.356 e. The molecule has 0 spiro atoms. The highest BCUT2D eigenvalue weighted by Gasteiger charge is 2.06. The van der Waals surface area contributed by atoms with Crippen molar-refractivity contribution < 1.29 is 19.4 Å². The number of carboxylic acids is 1. The molecule has 0 bridgehead atoms. The number of carbonyl (C=O) groups excluding carboxylic acids is 1. The molecule has 8 heteroatoms. The first-order valence-corrected chi connectivity index (χ1v) is 6.39. The number of imidazole rings is 1. The fourth-order valence-electron chi connectivity index (χ4n) is 1.53. The minimum absolute atomic E-state index is 0.00686. The molecule has 0 aliphatic heterocycles. The van der Waals surface area contributed by atoms with E-state index in [-0.39, 0.29) is 11.7 Å². The van der Waals surface area contributed by atoms with Crippen LogP contribution in [0.5, 0.6) is 0 Å². The third-order valence-electron chi connectivity index (χ3n) is 2.57. The van der Waals surface area contributed by atoms with Gasteiger partial charge in [-0.2, -0.15) is 0 Å². The lowest BCUT2D eigenvalue weighted by atomic mass is 10.3. The van der Waals surface area contributed by atoms with Gasteiger partial charge < -0.3 is 25.0 Å². The molecule has 0 unspecified atom stereocenters. The van der Waals surface area contributed by atoms with E-state index in [4.69, 9.17) is 9.84 Å². The van der Waals surface area contributed by atoms with Crippen molar-refractivity contribution >= 4 is 12.0 Å². The molecule has 3 N–H and O–H groups in total. The summed E-state index contributed by atoms with van der Waals surface area (Å²) in [6.45, 7) is 2.16. The molecule has 1 heterocycles. The molecular weight excluding hydrogens is 264 g/mol. The van der Waals surface area contributed by atoms with E-state index in [2.05, 4.69) is 15.6 Å². The summed E-state index contributed by atoms with van der Waals surface area (Å²) in [6, 6.07) is -0.235. The number of hydrogen-bond acceptors (Lipinski definition) is 4. The number of hydrogen-bond donors (Lipinski definition) is 3. The summed E-state index contributed by atoms with van der Waals surface area (Å²) in [4.78, 5) is 25.7. The number of aromatic nitrogens is 2. The fraction of sp³-hybridized carbons (Fsp3) is 0.583. The maximum atomic E-state index is 11.4. The van der Waals surface area contributed by atoms with Gasteiger partial charge >= 0.3 is 12.0 Å². The number of amides is 2. The number of rotatable bonds is 9. The van der Waals surface area contributed by atoms with Crippen molar-refractivity contribution in [2.45, 2.75) is 19.4 Å². The molecular formula is C12H20N4O4. The molecule has 1 aromatic heterocycles. The molecule has 8 nitrogen and oxygen atoms in total. The Bertz CT molecular complexity index is 433. The Morgan fingerprint density at radius 1 is 1.35 bits per heavy atom. The average molecular weight is 284 g/mol. The second-order valence-electron chi connectivity index (χ2n) is 4.18. The third kappa shape index (κ3) is 6.19. The van der Waals surface area contributed by atoms with Gasteiger partial charge in [0.1, 0.15) is 0 Å². The number of unbranched alkanes of at least 4 members (excludes halogenated alkanes) is 1. The predicted molar refractivity (Wildman–Crippen MR) is 71.7 cm³/mol. The van der Waals surface area contributed by atoms with E-state index in [1.54, 1.807) is 11.7 Å². The quantitative estimate of drug-likeness (QED) is 0.566. The van der Waals surface area contributed by atoms with Gasteiger partial charge in [-0.25, -0.2) is 14.6 Å². The van der Waals surface area contributed by atoms with E-state index in [0.29, 0.717) is 26.2 Å². The van der Waals surface area contributed by atoms with Crippen LogP contribution in [0.25, 0.3) is 0 Å². The molecule has 2 amide bonds. The van der Waals surface area contributed by atoms with Crippen molar-refractivity contribution in [3.8, 4) is 0 Å². The minimum atomic E-state index is -1.06. The molecule has 1 aromatic rings. The number of nitrogens with zero attached hydrogens (tertiary/aromatic N) is 2. The van der Waals surface area contributed by atoms with Crippen LogP contribution in [0.4, 0.5) is 4.79 Å². The number of carboxylic acid groups (broad SMARTS) is 1. The molecule has 0 saturated heterocycles. The summed E-state index contributed by atoms with van der Waals surface area (Å²) in [6.07, 6.45) is 4.62. The molecule has 0 radical (unpaired) electrons. The summed E-state index contributed by atoms with van der Waals surface area (Å²) in [5, 5.41) is 14.1. The fourth-order valence-corrected chi connectivity index (χ4v) is 1.53. The van der Waals surface area contributed by atoms with Gasteiger partial charge in [0, 0.05) is 39.5 Å². The second kappa shape index (κ2) is 8.92. The molecule has 0 saturated carbocycles. The van der Waals surface area contributed by atoms with Crippen LogP contribution in [0.3, 0.4) is 0 Å². The summed E-state index contributed by atoms with van der Waals surface area (Å²) in [5.41, 5.74) is -0.00686. The Balaban J connectivity index is 2.10. The van der Waals surface area contributed by atoms with E-state index in [0.717, 1.165) is 12.8 Å². The molecule has 0 atom stereocenters. The second-order valence-corrected chi connectivity index (χ2v) is 4.18. The molecule has 1 rings (SSSR count). The predicted octanol–water partition coefficient (Wildman–Crippen LogP) is 0.307. The average Bonchev–Trinajstić information content (AvgIpc) is 2.87. The summed E-state index contributed by atoms with van der Waals surface area (Å²) < 4.78 is 6.52. The Morgan fingerprint density at radius 2 is 2.10 bits per heavy atom. The molecule has 0 fully saturated rings. The van der Waals surface area contributed by atoms with Gasteiger partial charge in [0.15, 0.2) is 5.69 Å². The number of methoxy groups -OCH3 is 1. The SMILES string of the molecule is COCCCCNC(=O)NCCn1cnc(C(=O)O)c1. The number of urea groups is 1. The highest BCUT2D eigenvalue weighted by Crippen LogP contribution is 1.95. The van der Waals surface area contributed by atoms with Crippen LogP contribution in [0, 0.1) is 0 Å². The minimum Gasteiger partial charge on any atom is -0.476 e. The molecule has 0 aliphatic rings. The van der Waals surface area contributed by atoms with E-state index in [1.165, 1.54) is 12.5 Å². The monoisotopic (exact) mass is 284 g/mol. The van der Waals surface area contributed by atoms with Crippen molar-refractivity contribution in [3.63, 3.8) is 0 Å². The Morgan fingerprint density at radius 3 is 2.75 bits per heavy atom. The van der Waals surface area contributed by atoms with E-state index in [9.17, 15) is 9.59 Å². The number of carbonyl (C=O) groups is 2. The number of ether oxygens (including phenoxy) is 1. The van der Waals surface area contributed by atoms with E-state index >= 15 is 0 Å². The topological polar surface area (TPSA) is 105 Å². The normalized spacial score (nSPS) is 10.2. The van der Waals surface area contributed by atoms with Crippen molar-refractivity contribution in [2.24, 2.45) is 0 Å². The van der Waals surface area contributed by atoms with Gasteiger partial charge in [-0.05, 0) is 12.8 Å². The van der Waals surface area contributed by atoms with Crippen LogP contribution in [-0.2, 0) is 11.3 Å². The first-order chi connectivity index (χ1) is 9.63. The lowest BCUT2D eigenvalue weighted by Gasteiger charge is -2.07. The summed E-state index contributed by atoms with van der Waals surface area (Å²) >= 11 is 0. The zero-order valence-electron chi connectivity index (χ0n) is 11.5. The third-order valence-corrected chi connectivity index (χ3v) is 2.57. The van der Waals surface area contributed by atoms with Crippen LogP contribution in [0.15, 0.2) is 12.5 Å². The van der Waals surface area contributed by atoms with E-state index in [1.807, 2.05) is 0 Å². The molecule has 20 heavy (non-hydrogen) atoms. The molecule has 0 aromatic carbocycles. The van der Waals surface area contributed by atoms with Gasteiger partial charge in [0.2, 0.25) is 0 Å². The van der Waals surface area contributed by atoms with Crippen LogP contribution < -0.4 is 10.6 Å². The Kier molecular flexibility index (Phi) is 7.12. The first kappa shape index (κ1) is 16.0. The van der Waals surface area contributed by atoms with Crippen LogP contribution in [0.1, 0.15) is 23.3 Å². The van der Waals surface area contributed by atoms with E-state index < -0.39 is 5.97 Å². The van der Waals surface area contributed by atoms with Crippen LogP contribution in [-0.4, -0.2) is 53.5 Å². The van der Waals surface area contributed by atoms with Crippen molar-refractivity contribution in [1.29, 1.82) is 0 Å². The lowest BCUT2D eigenvalue weighted by molar-refractivity contribution is 0.0691. The molecule has 112 valence electrons. The summed E-state index contributed by atoms with van der Waals surface area (Å²) in [5.74, 6) is -1.06. The van der Waals surface area contributed by atoms with Crippen molar-refractivity contribution in [3.05, 3.63) is 18.2 Å². The summed E-state index contributed by atoms with van der Waals surface area (Å²) in [7, 11) is 1.64. The number of nitrogens with one attached hydrogen (secondary N) is 2. The standard InChI is InChI=1S/C12H20N4O4/c1-20-7-3-2-4-13-12(19)14-5-6-16-8-10(11(17)18)15-9-16/h8-9H,2-7H2,1H3,(H,17,18)(H2,13,14,19). The van der Waals surface area contributed by atoms with Crippen molar-refractivity contribution in [2.75, 3.05) is 26.8 Å². The first-order valence-electron chi connectivity index (χ1n) is 6.39. The Hall–Kier alpha value is -2.09. The van der Waals surface area contributed by atoms with Crippen molar-refractivity contribution in [1.82, 2.24) is 20.2 Å². The zero-order chi connectivity index (χ0) is 14.8. The van der Waals surface area contributed by atoms with Gasteiger partial charge in [-0.3, -0.25) is 0 Å². The largest absolute Gasteiger partial charge is 0.476 e. The maximum absolute atomic E-state index is 11.4. The lowest BCUT2D eigenvalue weighted by Crippen LogP contribution is -2.37. The van der Waals surface area contributed by atoms with Gasteiger partial charge in [0.05, 0.1) is 6.33 Å². The van der Waals surface area contributed by atoms with Crippen LogP contribution in [0.2, 0.25) is 0 Å². The Labute approximate surface area is 117 Å². The zero-order valence-corrected chi connectivity index (χ0v) is 11.5. The van der Waals surface area contributed by atoms with Crippen LogP contribution >= 0.6 is 0 Å². The number of aromatic carboxylic acids is 1. The molecule has 0 aliphatic carbocycles. The maximum Gasteiger partial charge on any atom is 0.356 e. The highest BCUT2D eigenvalue weighted by atomic mass is 16.5. The van der Waals surface area contributed by atoms with Gasteiger partial charge in [0.25, 0.3) is 0 Å².